The fourth-order valence-corrected chi connectivity index (χ4v) is 3.26. The average molecular weight is 361 g/mol. The second-order valence-electron chi connectivity index (χ2n) is 6.27. The highest BCUT2D eigenvalue weighted by Gasteiger charge is 2.13. The number of likely N-dealkylation sites (N-methyl/N-ethyl adjacent to an activating group) is 1. The molecule has 0 aliphatic carbocycles. The van der Waals surface area contributed by atoms with Crippen molar-refractivity contribution < 1.29 is 8.42 Å². The fraction of sp³-hybridized carbons (Fsp3) is 0.353. The molecule has 2 N–H and O–H groups in total. The van der Waals surface area contributed by atoms with Gasteiger partial charge in [-0.1, -0.05) is 0 Å². The predicted octanol–water partition coefficient (Wildman–Crippen LogP) is 1.95. The van der Waals surface area contributed by atoms with Crippen LogP contribution in [0.3, 0.4) is 0 Å². The number of benzene rings is 1. The zero-order valence-electron chi connectivity index (χ0n) is 14.4. The number of pyridine rings is 1. The molecule has 0 amide bonds. The van der Waals surface area contributed by atoms with E-state index >= 15 is 0 Å². The van der Waals surface area contributed by atoms with Crippen LogP contribution in [0.25, 0.3) is 0 Å². The van der Waals surface area contributed by atoms with Crippen molar-refractivity contribution in [3.8, 4) is 0 Å². The highest BCUT2D eigenvalue weighted by Crippen LogP contribution is 2.22. The molecule has 2 heterocycles. The van der Waals surface area contributed by atoms with Gasteiger partial charge < -0.3 is 15.1 Å². The molecule has 0 saturated carbocycles. The Morgan fingerprint density at radius 2 is 1.60 bits per heavy atom. The molecule has 25 heavy (non-hydrogen) atoms. The van der Waals surface area contributed by atoms with E-state index in [2.05, 4.69) is 44.0 Å². The first-order valence-corrected chi connectivity index (χ1v) is 10.0. The van der Waals surface area contributed by atoms with E-state index in [0.717, 1.165) is 38.1 Å². The highest BCUT2D eigenvalue weighted by atomic mass is 32.2. The number of rotatable bonds is 5. The van der Waals surface area contributed by atoms with E-state index in [4.69, 9.17) is 0 Å². The Labute approximate surface area is 148 Å². The molecule has 0 unspecified atom stereocenters. The molecule has 0 atom stereocenters. The monoisotopic (exact) mass is 361 g/mol. The Kier molecular flexibility index (Phi) is 5.10. The quantitative estimate of drug-likeness (QED) is 0.848. The van der Waals surface area contributed by atoms with Crippen molar-refractivity contribution in [3.05, 3.63) is 42.6 Å². The van der Waals surface area contributed by atoms with Crippen LogP contribution in [0.4, 0.5) is 22.9 Å². The molecule has 1 aromatic carbocycles. The van der Waals surface area contributed by atoms with Crippen molar-refractivity contribution >= 4 is 32.9 Å². The lowest BCUT2D eigenvalue weighted by molar-refractivity contribution is 0.313. The first-order valence-electron chi connectivity index (χ1n) is 8.13. The molecule has 7 nitrogen and oxygen atoms in total. The topological polar surface area (TPSA) is 77.6 Å². The van der Waals surface area contributed by atoms with Crippen LogP contribution in [0.1, 0.15) is 0 Å². The van der Waals surface area contributed by atoms with E-state index in [0.29, 0.717) is 11.5 Å². The third kappa shape index (κ3) is 5.07. The zero-order valence-corrected chi connectivity index (χ0v) is 15.3. The van der Waals surface area contributed by atoms with Crippen LogP contribution in [0, 0.1) is 0 Å². The second kappa shape index (κ2) is 7.28. The van der Waals surface area contributed by atoms with Crippen molar-refractivity contribution in [2.24, 2.45) is 0 Å². The molecule has 1 aliphatic heterocycles. The number of hydrogen-bond donors (Lipinski definition) is 2. The van der Waals surface area contributed by atoms with Gasteiger partial charge in [-0.25, -0.2) is 13.4 Å². The summed E-state index contributed by atoms with van der Waals surface area (Å²) in [6, 6.07) is 11.7. The highest BCUT2D eigenvalue weighted by molar-refractivity contribution is 7.92. The normalized spacial score (nSPS) is 15.8. The van der Waals surface area contributed by atoms with Gasteiger partial charge in [0.1, 0.15) is 5.82 Å². The van der Waals surface area contributed by atoms with Crippen molar-refractivity contribution in [1.82, 2.24) is 9.88 Å². The summed E-state index contributed by atoms with van der Waals surface area (Å²) in [6.07, 6.45) is 2.60. The van der Waals surface area contributed by atoms with Gasteiger partial charge in [0.2, 0.25) is 10.0 Å². The van der Waals surface area contributed by atoms with Gasteiger partial charge in [-0.15, -0.1) is 0 Å². The van der Waals surface area contributed by atoms with E-state index in [-0.39, 0.29) is 0 Å². The van der Waals surface area contributed by atoms with Gasteiger partial charge in [0.05, 0.1) is 18.1 Å². The first kappa shape index (κ1) is 17.5. The number of hydrogen-bond acceptors (Lipinski definition) is 6. The minimum Gasteiger partial charge on any atom is -0.369 e. The minimum absolute atomic E-state index is 0.443. The van der Waals surface area contributed by atoms with E-state index in [9.17, 15) is 8.42 Å². The summed E-state index contributed by atoms with van der Waals surface area (Å²) in [5.74, 6) is 0.659. The Bertz CT molecular complexity index is 798. The number of nitrogens with one attached hydrogen (secondary N) is 2. The standard InChI is InChI=1S/C17H23N5O2S/c1-21-9-11-22(12-10-21)16-6-3-14(4-7-16)19-17-8-5-15(13-18-17)20-25(2,23)24/h3-8,13,20H,9-12H2,1-2H3,(H,18,19). The van der Waals surface area contributed by atoms with Crippen LogP contribution in [0.5, 0.6) is 0 Å². The van der Waals surface area contributed by atoms with Crippen molar-refractivity contribution in [2.45, 2.75) is 0 Å². The van der Waals surface area contributed by atoms with E-state index in [1.807, 2.05) is 12.1 Å². The van der Waals surface area contributed by atoms with Crippen LogP contribution >= 0.6 is 0 Å². The van der Waals surface area contributed by atoms with Gasteiger partial charge in [-0.05, 0) is 43.4 Å². The van der Waals surface area contributed by atoms with Gasteiger partial charge >= 0.3 is 0 Å². The molecule has 8 heteroatoms. The predicted molar refractivity (Wildman–Crippen MR) is 102 cm³/mol. The van der Waals surface area contributed by atoms with Gasteiger partial charge in [-0.3, -0.25) is 4.72 Å². The Morgan fingerprint density at radius 1 is 0.960 bits per heavy atom. The molecule has 1 aliphatic rings. The number of nitrogens with zero attached hydrogens (tertiary/aromatic N) is 3. The Morgan fingerprint density at radius 3 is 2.16 bits per heavy atom. The number of piperazine rings is 1. The van der Waals surface area contributed by atoms with E-state index < -0.39 is 10.0 Å². The summed E-state index contributed by atoms with van der Waals surface area (Å²) < 4.78 is 24.8. The SMILES string of the molecule is CN1CCN(c2ccc(Nc3ccc(NS(C)(=O)=O)cn3)cc2)CC1. The van der Waals surface area contributed by atoms with Crippen molar-refractivity contribution in [2.75, 3.05) is 54.4 Å². The fourth-order valence-electron chi connectivity index (χ4n) is 2.71. The summed E-state index contributed by atoms with van der Waals surface area (Å²) in [5, 5.41) is 3.22. The van der Waals surface area contributed by atoms with Gasteiger partial charge in [0, 0.05) is 37.6 Å². The van der Waals surface area contributed by atoms with Crippen LogP contribution in [0.2, 0.25) is 0 Å². The Hall–Kier alpha value is -2.32. The molecule has 1 saturated heterocycles. The molecule has 134 valence electrons. The summed E-state index contributed by atoms with van der Waals surface area (Å²) in [4.78, 5) is 8.94. The van der Waals surface area contributed by atoms with Crippen molar-refractivity contribution in [3.63, 3.8) is 0 Å². The van der Waals surface area contributed by atoms with Crippen molar-refractivity contribution in [1.29, 1.82) is 0 Å². The lowest BCUT2D eigenvalue weighted by Crippen LogP contribution is -2.44. The molecular formula is C17H23N5O2S. The molecule has 0 bridgehead atoms. The third-order valence-electron chi connectivity index (χ3n) is 4.07. The molecule has 1 fully saturated rings. The molecule has 0 spiro atoms. The maximum atomic E-state index is 11.2. The number of sulfonamides is 1. The molecule has 3 rings (SSSR count). The molecule has 0 radical (unpaired) electrons. The number of aromatic nitrogens is 1. The maximum absolute atomic E-state index is 11.2. The van der Waals surface area contributed by atoms with E-state index in [1.165, 1.54) is 11.9 Å². The minimum atomic E-state index is -3.29. The lowest BCUT2D eigenvalue weighted by atomic mass is 10.2. The second-order valence-corrected chi connectivity index (χ2v) is 8.02. The molecular weight excluding hydrogens is 338 g/mol. The first-order chi connectivity index (χ1) is 11.9. The smallest absolute Gasteiger partial charge is 0.229 e. The van der Waals surface area contributed by atoms with Gasteiger partial charge in [-0.2, -0.15) is 0 Å². The van der Waals surface area contributed by atoms with Gasteiger partial charge in [0.25, 0.3) is 0 Å². The summed E-state index contributed by atoms with van der Waals surface area (Å²) in [5.41, 5.74) is 2.60. The third-order valence-corrected chi connectivity index (χ3v) is 4.68. The lowest BCUT2D eigenvalue weighted by Gasteiger charge is -2.34. The largest absolute Gasteiger partial charge is 0.369 e. The zero-order chi connectivity index (χ0) is 17.9. The van der Waals surface area contributed by atoms with Crippen LogP contribution < -0.4 is 14.9 Å². The summed E-state index contributed by atoms with van der Waals surface area (Å²) in [6.45, 7) is 4.24. The average Bonchev–Trinajstić information content (AvgIpc) is 2.57. The maximum Gasteiger partial charge on any atom is 0.229 e. The van der Waals surface area contributed by atoms with E-state index in [1.54, 1.807) is 12.1 Å². The van der Waals surface area contributed by atoms with Crippen LogP contribution in [0.15, 0.2) is 42.6 Å². The van der Waals surface area contributed by atoms with Crippen LogP contribution in [-0.4, -0.2) is 57.8 Å². The summed E-state index contributed by atoms with van der Waals surface area (Å²) in [7, 11) is -1.14. The summed E-state index contributed by atoms with van der Waals surface area (Å²) >= 11 is 0. The number of anilines is 4. The Balaban J connectivity index is 1.61. The molecule has 2 aromatic rings. The van der Waals surface area contributed by atoms with Crippen LogP contribution in [-0.2, 0) is 10.0 Å². The molecule has 1 aromatic heterocycles. The van der Waals surface area contributed by atoms with Gasteiger partial charge in [0.15, 0.2) is 0 Å².